The van der Waals surface area contributed by atoms with Crippen LogP contribution in [0.4, 0.5) is 0 Å². The third-order valence-corrected chi connectivity index (χ3v) is 5.94. The molecular weight excluding hydrogens is 364 g/mol. The Morgan fingerprint density at radius 3 is 2.89 bits per heavy atom. The normalized spacial score (nSPS) is 12.9. The highest BCUT2D eigenvalue weighted by Crippen LogP contribution is 2.19. The Morgan fingerprint density at radius 1 is 1.26 bits per heavy atom. The molecule has 1 aliphatic rings. The molecule has 0 bridgehead atoms. The molecule has 0 saturated carbocycles. The summed E-state index contributed by atoms with van der Waals surface area (Å²) in [5, 5.41) is 0.485. The maximum absolute atomic E-state index is 12.5. The lowest BCUT2D eigenvalue weighted by atomic mass is 10.1. The minimum atomic E-state index is -0.597. The molecular formula is C20H18N2O4S. The summed E-state index contributed by atoms with van der Waals surface area (Å²) in [5.41, 5.74) is 0.692. The average Bonchev–Trinajstić information content (AvgIpc) is 3.34. The van der Waals surface area contributed by atoms with Crippen molar-refractivity contribution in [1.29, 1.82) is 0 Å². The van der Waals surface area contributed by atoms with Crippen LogP contribution in [0.15, 0.2) is 35.1 Å². The third kappa shape index (κ3) is 3.30. The van der Waals surface area contributed by atoms with Gasteiger partial charge in [0.1, 0.15) is 5.82 Å². The van der Waals surface area contributed by atoms with E-state index in [-0.39, 0.29) is 23.5 Å². The first-order valence-electron chi connectivity index (χ1n) is 8.89. The molecule has 4 rings (SSSR count). The molecule has 0 amide bonds. The number of nitrogens with zero attached hydrogens (tertiary/aromatic N) is 2. The molecule has 27 heavy (non-hydrogen) atoms. The lowest BCUT2D eigenvalue weighted by molar-refractivity contribution is 0.0476. The lowest BCUT2D eigenvalue weighted by Gasteiger charge is -2.07. The van der Waals surface area contributed by atoms with Crippen molar-refractivity contribution >= 4 is 34.0 Å². The van der Waals surface area contributed by atoms with E-state index in [9.17, 15) is 14.4 Å². The van der Waals surface area contributed by atoms with Crippen molar-refractivity contribution in [2.45, 2.75) is 32.7 Å². The number of hydrogen-bond acceptors (Lipinski definition) is 6. The summed E-state index contributed by atoms with van der Waals surface area (Å²) in [6.45, 7) is 2.40. The number of esters is 1. The largest absolute Gasteiger partial charge is 0.454 e. The number of thiophene rings is 1. The molecule has 0 fully saturated rings. The third-order valence-electron chi connectivity index (χ3n) is 4.67. The van der Waals surface area contributed by atoms with E-state index in [2.05, 4.69) is 4.98 Å². The van der Waals surface area contributed by atoms with Gasteiger partial charge in [-0.2, -0.15) is 0 Å². The van der Waals surface area contributed by atoms with Crippen LogP contribution in [0.25, 0.3) is 10.9 Å². The monoisotopic (exact) mass is 382 g/mol. The standard InChI is InChI=1S/C20H18N2O4S/c1-2-13-6-8-17(27-13)16(23)11-26-20(25)12-5-7-14-15(10-12)21-18-4-3-9-22(18)19(14)24/h5-8,10H,2-4,9,11H2,1H3. The molecule has 0 saturated heterocycles. The van der Waals surface area contributed by atoms with Gasteiger partial charge in [0.15, 0.2) is 6.61 Å². The van der Waals surface area contributed by atoms with Gasteiger partial charge in [0, 0.05) is 17.8 Å². The van der Waals surface area contributed by atoms with Crippen LogP contribution in [0.1, 0.15) is 44.1 Å². The fraction of sp³-hybridized carbons (Fsp3) is 0.300. The summed E-state index contributed by atoms with van der Waals surface area (Å²) in [6, 6.07) is 8.37. The van der Waals surface area contributed by atoms with E-state index in [1.807, 2.05) is 13.0 Å². The minimum absolute atomic E-state index is 0.0768. The Kier molecular flexibility index (Phi) is 4.61. The highest BCUT2D eigenvalue weighted by atomic mass is 32.1. The van der Waals surface area contributed by atoms with Crippen molar-refractivity contribution in [3.8, 4) is 0 Å². The molecule has 1 aromatic carbocycles. The van der Waals surface area contributed by atoms with Gasteiger partial charge in [0.05, 0.1) is 21.3 Å². The van der Waals surface area contributed by atoms with Gasteiger partial charge in [0.25, 0.3) is 5.56 Å². The fourth-order valence-electron chi connectivity index (χ4n) is 3.21. The summed E-state index contributed by atoms with van der Waals surface area (Å²) in [6.07, 6.45) is 2.53. The summed E-state index contributed by atoms with van der Waals surface area (Å²) in [4.78, 5) is 43.2. The van der Waals surface area contributed by atoms with Gasteiger partial charge in [-0.3, -0.25) is 14.2 Å². The number of ether oxygens (including phenoxy) is 1. The summed E-state index contributed by atoms with van der Waals surface area (Å²) in [5.74, 6) is -0.0689. The number of rotatable bonds is 5. The molecule has 0 spiro atoms. The van der Waals surface area contributed by atoms with Crippen molar-refractivity contribution in [1.82, 2.24) is 9.55 Å². The number of Topliss-reactive ketones (excluding diaryl/α,β-unsaturated/α-hetero) is 1. The first-order valence-corrected chi connectivity index (χ1v) is 9.71. The van der Waals surface area contributed by atoms with Gasteiger partial charge in [-0.05, 0) is 43.2 Å². The topological polar surface area (TPSA) is 78.3 Å². The van der Waals surface area contributed by atoms with Crippen molar-refractivity contribution in [3.63, 3.8) is 0 Å². The van der Waals surface area contributed by atoms with Crippen molar-refractivity contribution in [3.05, 3.63) is 61.8 Å². The number of hydrogen-bond donors (Lipinski definition) is 0. The molecule has 0 radical (unpaired) electrons. The van der Waals surface area contributed by atoms with Gasteiger partial charge >= 0.3 is 5.97 Å². The molecule has 0 N–H and O–H groups in total. The Morgan fingerprint density at radius 2 is 2.11 bits per heavy atom. The fourth-order valence-corrected chi connectivity index (χ4v) is 4.09. The van der Waals surface area contributed by atoms with Gasteiger partial charge in [-0.25, -0.2) is 9.78 Å². The number of fused-ring (bicyclic) bond motifs is 2. The van der Waals surface area contributed by atoms with Gasteiger partial charge < -0.3 is 4.74 Å². The van der Waals surface area contributed by atoms with Crippen molar-refractivity contribution < 1.29 is 14.3 Å². The number of carbonyl (C=O) groups is 2. The zero-order valence-corrected chi connectivity index (χ0v) is 15.7. The maximum Gasteiger partial charge on any atom is 0.338 e. The van der Waals surface area contributed by atoms with Crippen LogP contribution in [0, 0.1) is 0 Å². The second kappa shape index (κ2) is 7.08. The molecule has 138 valence electrons. The van der Waals surface area contributed by atoms with Gasteiger partial charge in [-0.15, -0.1) is 11.3 Å². The van der Waals surface area contributed by atoms with Crippen LogP contribution in [0.5, 0.6) is 0 Å². The van der Waals surface area contributed by atoms with Crippen molar-refractivity contribution in [2.75, 3.05) is 6.61 Å². The lowest BCUT2D eigenvalue weighted by Crippen LogP contribution is -2.21. The van der Waals surface area contributed by atoms with Gasteiger partial charge in [0.2, 0.25) is 5.78 Å². The van der Waals surface area contributed by atoms with E-state index in [1.54, 1.807) is 28.8 Å². The highest BCUT2D eigenvalue weighted by Gasteiger charge is 2.18. The molecule has 0 atom stereocenters. The molecule has 0 unspecified atom stereocenters. The van der Waals surface area contributed by atoms with E-state index < -0.39 is 5.97 Å². The van der Waals surface area contributed by atoms with Crippen LogP contribution >= 0.6 is 11.3 Å². The van der Waals surface area contributed by atoms with E-state index in [4.69, 9.17) is 4.74 Å². The maximum atomic E-state index is 12.5. The van der Waals surface area contributed by atoms with Crippen LogP contribution in [0.2, 0.25) is 0 Å². The predicted octanol–water partition coefficient (Wildman–Crippen LogP) is 3.01. The van der Waals surface area contributed by atoms with Crippen molar-refractivity contribution in [2.24, 2.45) is 0 Å². The zero-order chi connectivity index (χ0) is 19.0. The molecule has 0 aliphatic carbocycles. The quantitative estimate of drug-likeness (QED) is 0.501. The van der Waals surface area contributed by atoms with E-state index in [0.717, 1.165) is 30.0 Å². The first-order chi connectivity index (χ1) is 13.1. The molecule has 3 heterocycles. The van der Waals surface area contributed by atoms with Gasteiger partial charge in [-0.1, -0.05) is 6.92 Å². The minimum Gasteiger partial charge on any atom is -0.454 e. The van der Waals surface area contributed by atoms with Crippen LogP contribution in [-0.4, -0.2) is 27.9 Å². The number of benzene rings is 1. The van der Waals surface area contributed by atoms with Crippen LogP contribution in [-0.2, 0) is 24.1 Å². The number of carbonyl (C=O) groups excluding carboxylic acids is 2. The molecule has 6 nitrogen and oxygen atoms in total. The predicted molar refractivity (Wildman–Crippen MR) is 103 cm³/mol. The summed E-state index contributed by atoms with van der Waals surface area (Å²) < 4.78 is 6.85. The van der Waals surface area contributed by atoms with E-state index in [1.165, 1.54) is 11.3 Å². The molecule has 3 aromatic rings. The zero-order valence-electron chi connectivity index (χ0n) is 14.9. The Bertz CT molecular complexity index is 1110. The first kappa shape index (κ1) is 17.6. The van der Waals surface area contributed by atoms with E-state index in [0.29, 0.717) is 22.3 Å². The Hall–Kier alpha value is -2.80. The number of aromatic nitrogens is 2. The van der Waals surface area contributed by atoms with E-state index >= 15 is 0 Å². The summed E-state index contributed by atoms with van der Waals surface area (Å²) >= 11 is 1.42. The summed E-state index contributed by atoms with van der Waals surface area (Å²) in [7, 11) is 0. The second-order valence-corrected chi connectivity index (χ2v) is 7.61. The smallest absolute Gasteiger partial charge is 0.338 e. The molecule has 7 heteroatoms. The SMILES string of the molecule is CCc1ccc(C(=O)COC(=O)c2ccc3c(=O)n4c(nc3c2)CCC4)s1. The Labute approximate surface area is 159 Å². The highest BCUT2D eigenvalue weighted by molar-refractivity contribution is 7.14. The molecule has 2 aromatic heterocycles. The second-order valence-electron chi connectivity index (χ2n) is 6.44. The van der Waals surface area contributed by atoms with Crippen LogP contribution < -0.4 is 5.56 Å². The van der Waals surface area contributed by atoms with Crippen LogP contribution in [0.3, 0.4) is 0 Å². The number of aryl methyl sites for hydroxylation is 2. The Balaban J connectivity index is 1.52. The average molecular weight is 382 g/mol. The number of ketones is 1. The molecule has 1 aliphatic heterocycles.